The molecule has 1 heterocycles. The molecule has 2 rings (SSSR count). The molecule has 18 heavy (non-hydrogen) atoms. The molecule has 0 saturated heterocycles. The van der Waals surface area contributed by atoms with Crippen molar-refractivity contribution in [2.75, 3.05) is 0 Å². The Morgan fingerprint density at radius 3 is 2.94 bits per heavy atom. The van der Waals surface area contributed by atoms with E-state index >= 15 is 0 Å². The molecule has 0 aliphatic heterocycles. The molecule has 1 saturated carbocycles. The fourth-order valence-corrected chi connectivity index (χ4v) is 2.96. The summed E-state index contributed by atoms with van der Waals surface area (Å²) in [6.45, 7) is 6.56. The zero-order valence-corrected chi connectivity index (χ0v) is 11.9. The van der Waals surface area contributed by atoms with Gasteiger partial charge in [0.25, 0.3) is 0 Å². The minimum atomic E-state index is -0.505. The summed E-state index contributed by atoms with van der Waals surface area (Å²) >= 11 is 0. The molecule has 1 aliphatic rings. The summed E-state index contributed by atoms with van der Waals surface area (Å²) in [7, 11) is 0. The molecule has 3 heteroatoms. The lowest BCUT2D eigenvalue weighted by molar-refractivity contribution is 0.0425. The Hall–Kier alpha value is -0.830. The van der Waals surface area contributed by atoms with Crippen LogP contribution in [0.2, 0.25) is 0 Å². The summed E-state index contributed by atoms with van der Waals surface area (Å²) in [5.74, 6) is 0.701. The van der Waals surface area contributed by atoms with Crippen molar-refractivity contribution in [3.63, 3.8) is 0 Å². The molecule has 3 unspecified atom stereocenters. The van der Waals surface area contributed by atoms with Gasteiger partial charge in [0, 0.05) is 18.7 Å². The van der Waals surface area contributed by atoms with Crippen LogP contribution in [-0.4, -0.2) is 20.5 Å². The second-order valence-corrected chi connectivity index (χ2v) is 5.96. The van der Waals surface area contributed by atoms with Gasteiger partial charge in [0.2, 0.25) is 0 Å². The van der Waals surface area contributed by atoms with E-state index in [0.717, 1.165) is 25.0 Å². The van der Waals surface area contributed by atoms with Crippen LogP contribution in [0.25, 0.3) is 0 Å². The van der Waals surface area contributed by atoms with Crippen LogP contribution in [0, 0.1) is 5.92 Å². The molecule has 1 aliphatic carbocycles. The predicted molar refractivity (Wildman–Crippen MR) is 73.5 cm³/mol. The molecular formula is C15H26N2O. The van der Waals surface area contributed by atoms with Crippen LogP contribution in [-0.2, 0) is 6.42 Å². The van der Waals surface area contributed by atoms with Gasteiger partial charge in [0.1, 0.15) is 0 Å². The largest absolute Gasteiger partial charge is 0.389 e. The first-order chi connectivity index (χ1) is 8.56. The van der Waals surface area contributed by atoms with Gasteiger partial charge in [-0.2, -0.15) is 5.10 Å². The smallest absolute Gasteiger partial charge is 0.0706 e. The molecule has 1 aromatic heterocycles. The van der Waals surface area contributed by atoms with Crippen LogP contribution in [0.5, 0.6) is 0 Å². The van der Waals surface area contributed by atoms with Gasteiger partial charge in [-0.3, -0.25) is 4.68 Å². The first-order valence-electron chi connectivity index (χ1n) is 7.32. The van der Waals surface area contributed by atoms with Crippen LogP contribution in [0.3, 0.4) is 0 Å². The molecule has 1 N–H and O–H groups in total. The zero-order valence-electron chi connectivity index (χ0n) is 11.9. The Bertz CT molecular complexity index is 388. The van der Waals surface area contributed by atoms with Gasteiger partial charge in [-0.15, -0.1) is 0 Å². The standard InChI is InChI=1S/C15H26N2O/c1-4-12(3)17-9-7-14(16-17)11-15(18)8-6-13(5-2)10-15/h7,9,12-13,18H,4-6,8,10-11H2,1-3H3. The van der Waals surface area contributed by atoms with Crippen LogP contribution in [0.15, 0.2) is 12.3 Å². The third kappa shape index (κ3) is 2.94. The third-order valence-corrected chi connectivity index (χ3v) is 4.48. The van der Waals surface area contributed by atoms with E-state index in [1.807, 2.05) is 10.9 Å². The Morgan fingerprint density at radius 1 is 1.56 bits per heavy atom. The maximum atomic E-state index is 10.6. The van der Waals surface area contributed by atoms with Crippen molar-refractivity contribution in [2.24, 2.45) is 5.92 Å². The van der Waals surface area contributed by atoms with Crippen molar-refractivity contribution in [1.82, 2.24) is 9.78 Å². The number of rotatable bonds is 5. The molecule has 0 amide bonds. The van der Waals surface area contributed by atoms with E-state index in [4.69, 9.17) is 0 Å². The van der Waals surface area contributed by atoms with Crippen LogP contribution >= 0.6 is 0 Å². The molecular weight excluding hydrogens is 224 g/mol. The fraction of sp³-hybridized carbons (Fsp3) is 0.800. The predicted octanol–water partition coefficient (Wildman–Crippen LogP) is 3.34. The van der Waals surface area contributed by atoms with E-state index in [9.17, 15) is 5.11 Å². The summed E-state index contributed by atoms with van der Waals surface area (Å²) in [4.78, 5) is 0. The highest BCUT2D eigenvalue weighted by Gasteiger charge is 2.36. The second kappa shape index (κ2) is 5.43. The second-order valence-electron chi connectivity index (χ2n) is 5.96. The Balaban J connectivity index is 1.99. The Morgan fingerprint density at radius 2 is 2.33 bits per heavy atom. The van der Waals surface area contributed by atoms with Gasteiger partial charge in [-0.1, -0.05) is 20.3 Å². The van der Waals surface area contributed by atoms with E-state index in [-0.39, 0.29) is 0 Å². The van der Waals surface area contributed by atoms with Crippen LogP contribution in [0.4, 0.5) is 0 Å². The third-order valence-electron chi connectivity index (χ3n) is 4.48. The Labute approximate surface area is 110 Å². The number of nitrogens with zero attached hydrogens (tertiary/aromatic N) is 2. The highest BCUT2D eigenvalue weighted by molar-refractivity contribution is 5.06. The van der Waals surface area contributed by atoms with Gasteiger partial charge >= 0.3 is 0 Å². The van der Waals surface area contributed by atoms with E-state index in [1.54, 1.807) is 0 Å². The van der Waals surface area contributed by atoms with Crippen molar-refractivity contribution in [3.05, 3.63) is 18.0 Å². The summed E-state index contributed by atoms with van der Waals surface area (Å²) in [6.07, 6.45) is 8.07. The van der Waals surface area contributed by atoms with Gasteiger partial charge in [0.05, 0.1) is 11.3 Å². The first-order valence-corrected chi connectivity index (χ1v) is 7.32. The fourth-order valence-electron chi connectivity index (χ4n) is 2.96. The lowest BCUT2D eigenvalue weighted by Crippen LogP contribution is -2.28. The van der Waals surface area contributed by atoms with Crippen molar-refractivity contribution in [3.8, 4) is 0 Å². The highest BCUT2D eigenvalue weighted by atomic mass is 16.3. The molecule has 102 valence electrons. The molecule has 0 bridgehead atoms. The van der Waals surface area contributed by atoms with Crippen LogP contribution < -0.4 is 0 Å². The quantitative estimate of drug-likeness (QED) is 0.870. The number of hydrogen-bond donors (Lipinski definition) is 1. The molecule has 0 aromatic carbocycles. The maximum absolute atomic E-state index is 10.6. The van der Waals surface area contributed by atoms with Crippen LogP contribution in [0.1, 0.15) is 64.6 Å². The van der Waals surface area contributed by atoms with Gasteiger partial charge in [-0.05, 0) is 44.6 Å². The lowest BCUT2D eigenvalue weighted by atomic mass is 9.94. The first kappa shape index (κ1) is 13.6. The van der Waals surface area contributed by atoms with Crippen molar-refractivity contribution in [2.45, 2.75) is 70.9 Å². The summed E-state index contributed by atoms with van der Waals surface area (Å²) in [5, 5.41) is 15.2. The van der Waals surface area contributed by atoms with Gasteiger partial charge in [0.15, 0.2) is 0 Å². The SMILES string of the molecule is CCC1CCC(O)(Cc2ccn(C(C)CC)n2)C1. The minimum absolute atomic E-state index is 0.445. The topological polar surface area (TPSA) is 38.0 Å². The summed E-state index contributed by atoms with van der Waals surface area (Å²) in [6, 6.07) is 2.50. The molecule has 1 aromatic rings. The molecule has 1 fully saturated rings. The molecule has 3 atom stereocenters. The van der Waals surface area contributed by atoms with Crippen molar-refractivity contribution in [1.29, 1.82) is 0 Å². The number of hydrogen-bond acceptors (Lipinski definition) is 2. The van der Waals surface area contributed by atoms with Crippen molar-refractivity contribution < 1.29 is 5.11 Å². The van der Waals surface area contributed by atoms with E-state index in [0.29, 0.717) is 18.4 Å². The maximum Gasteiger partial charge on any atom is 0.0706 e. The van der Waals surface area contributed by atoms with E-state index in [2.05, 4.69) is 31.9 Å². The minimum Gasteiger partial charge on any atom is -0.389 e. The lowest BCUT2D eigenvalue weighted by Gasteiger charge is -2.21. The molecule has 3 nitrogen and oxygen atoms in total. The van der Waals surface area contributed by atoms with Gasteiger partial charge < -0.3 is 5.11 Å². The molecule has 0 spiro atoms. The monoisotopic (exact) mass is 250 g/mol. The van der Waals surface area contributed by atoms with Gasteiger partial charge in [-0.25, -0.2) is 0 Å². The number of aliphatic hydroxyl groups is 1. The average molecular weight is 250 g/mol. The summed E-state index contributed by atoms with van der Waals surface area (Å²) in [5.41, 5.74) is 0.532. The average Bonchev–Trinajstić information content (AvgIpc) is 2.95. The van der Waals surface area contributed by atoms with Crippen molar-refractivity contribution >= 4 is 0 Å². The van der Waals surface area contributed by atoms with E-state index < -0.39 is 5.60 Å². The highest BCUT2D eigenvalue weighted by Crippen LogP contribution is 2.38. The Kier molecular flexibility index (Phi) is 4.10. The summed E-state index contributed by atoms with van der Waals surface area (Å²) < 4.78 is 2.02. The molecule has 0 radical (unpaired) electrons. The number of aromatic nitrogens is 2. The van der Waals surface area contributed by atoms with E-state index in [1.165, 1.54) is 12.8 Å². The zero-order chi connectivity index (χ0) is 13.2. The normalized spacial score (nSPS) is 29.7.